The van der Waals surface area contributed by atoms with E-state index in [1.807, 2.05) is 42.5 Å². The Morgan fingerprint density at radius 3 is 2.88 bits per heavy atom. The highest BCUT2D eigenvalue weighted by atomic mass is 16.5. The monoisotopic (exact) mass is 332 g/mol. The van der Waals surface area contributed by atoms with Gasteiger partial charge in [-0.2, -0.15) is 5.26 Å². The van der Waals surface area contributed by atoms with Crippen molar-refractivity contribution in [1.29, 1.82) is 5.26 Å². The van der Waals surface area contributed by atoms with Gasteiger partial charge in [0.05, 0.1) is 23.8 Å². The molecule has 1 aromatic heterocycles. The van der Waals surface area contributed by atoms with Crippen LogP contribution in [-0.2, 0) is 11.3 Å². The van der Waals surface area contributed by atoms with Crippen molar-refractivity contribution in [2.45, 2.75) is 12.5 Å². The van der Waals surface area contributed by atoms with Crippen LogP contribution >= 0.6 is 0 Å². The smallest absolute Gasteiger partial charge is 0.244 e. The van der Waals surface area contributed by atoms with Crippen LogP contribution in [0.1, 0.15) is 22.7 Å². The summed E-state index contributed by atoms with van der Waals surface area (Å²) in [4.78, 5) is 0. The minimum Gasteiger partial charge on any atom is -0.420 e. The van der Waals surface area contributed by atoms with Crippen molar-refractivity contribution in [2.75, 3.05) is 7.11 Å². The van der Waals surface area contributed by atoms with E-state index in [4.69, 9.17) is 15.2 Å². The molecule has 6 heteroatoms. The van der Waals surface area contributed by atoms with Crippen LogP contribution in [0.25, 0.3) is 10.8 Å². The summed E-state index contributed by atoms with van der Waals surface area (Å²) in [7, 11) is 1.61. The first-order valence-electron chi connectivity index (χ1n) is 7.86. The summed E-state index contributed by atoms with van der Waals surface area (Å²) in [5.74, 6) is 0.119. The molecule has 2 aromatic carbocycles. The number of aromatic nitrogens is 2. The van der Waals surface area contributed by atoms with Crippen LogP contribution < -0.4 is 10.5 Å². The van der Waals surface area contributed by atoms with Gasteiger partial charge in [-0.15, -0.1) is 5.10 Å². The first-order valence-corrected chi connectivity index (χ1v) is 7.86. The van der Waals surface area contributed by atoms with Gasteiger partial charge in [-0.1, -0.05) is 42.5 Å². The van der Waals surface area contributed by atoms with E-state index in [0.29, 0.717) is 18.1 Å². The van der Waals surface area contributed by atoms with Crippen LogP contribution in [0.3, 0.4) is 0 Å². The van der Waals surface area contributed by atoms with E-state index in [1.165, 1.54) is 0 Å². The van der Waals surface area contributed by atoms with Crippen molar-refractivity contribution in [2.24, 2.45) is 5.73 Å². The maximum absolute atomic E-state index is 9.72. The number of nitrogens with two attached hydrogens (primary N) is 1. The van der Waals surface area contributed by atoms with Crippen molar-refractivity contribution in [3.05, 3.63) is 70.7 Å². The fourth-order valence-electron chi connectivity index (χ4n) is 3.38. The molecular weight excluding hydrogens is 316 g/mol. The molecule has 0 fully saturated rings. The Bertz CT molecular complexity index is 1020. The largest absolute Gasteiger partial charge is 0.420 e. The number of nitrogens with zero attached hydrogens (tertiary/aromatic N) is 2. The molecule has 25 heavy (non-hydrogen) atoms. The van der Waals surface area contributed by atoms with Crippen molar-refractivity contribution >= 4 is 10.8 Å². The molecule has 0 saturated heterocycles. The number of benzene rings is 2. The quantitative estimate of drug-likeness (QED) is 0.768. The van der Waals surface area contributed by atoms with Crippen LogP contribution in [-0.4, -0.2) is 17.3 Å². The summed E-state index contributed by atoms with van der Waals surface area (Å²) in [6.07, 6.45) is 0. The molecule has 4 rings (SSSR count). The third-order valence-corrected chi connectivity index (χ3v) is 4.44. The molecule has 1 aliphatic rings. The summed E-state index contributed by atoms with van der Waals surface area (Å²) in [6.45, 7) is 0.339. The molecule has 3 aromatic rings. The SMILES string of the molecule is COCc1[nH]nc2c1[C@@H](c1cccc3ccccc13)C(C#N)=C(N)O2. The number of H-pyrrole nitrogens is 1. The van der Waals surface area contributed by atoms with Gasteiger partial charge in [0, 0.05) is 7.11 Å². The molecule has 1 aliphatic heterocycles. The topological polar surface area (TPSA) is 97.0 Å². The maximum Gasteiger partial charge on any atom is 0.244 e. The van der Waals surface area contributed by atoms with Crippen LogP contribution in [0, 0.1) is 11.3 Å². The number of aromatic amines is 1. The van der Waals surface area contributed by atoms with Crippen molar-refractivity contribution in [3.8, 4) is 11.9 Å². The van der Waals surface area contributed by atoms with Gasteiger partial charge in [0.15, 0.2) is 0 Å². The van der Waals surface area contributed by atoms with Gasteiger partial charge in [0.25, 0.3) is 0 Å². The molecule has 3 N–H and O–H groups in total. The molecule has 6 nitrogen and oxygen atoms in total. The summed E-state index contributed by atoms with van der Waals surface area (Å²) in [6, 6.07) is 16.3. The first-order chi connectivity index (χ1) is 12.2. The molecule has 0 amide bonds. The summed E-state index contributed by atoms with van der Waals surface area (Å²) >= 11 is 0. The second-order valence-electron chi connectivity index (χ2n) is 5.85. The predicted octanol–water partition coefficient (Wildman–Crippen LogP) is 2.93. The van der Waals surface area contributed by atoms with Gasteiger partial charge in [0.1, 0.15) is 11.6 Å². The lowest BCUT2D eigenvalue weighted by atomic mass is 9.82. The average Bonchev–Trinajstić information content (AvgIpc) is 3.03. The molecule has 0 saturated carbocycles. The maximum atomic E-state index is 9.72. The number of nitriles is 1. The number of fused-ring (bicyclic) bond motifs is 2. The molecule has 0 spiro atoms. The highest BCUT2D eigenvalue weighted by molar-refractivity contribution is 5.87. The van der Waals surface area contributed by atoms with E-state index in [0.717, 1.165) is 27.6 Å². The molecular formula is C19H16N4O2. The molecule has 1 atom stereocenters. The Kier molecular flexibility index (Phi) is 3.64. The van der Waals surface area contributed by atoms with Crippen molar-refractivity contribution in [1.82, 2.24) is 10.2 Å². The van der Waals surface area contributed by atoms with E-state index < -0.39 is 0 Å². The van der Waals surface area contributed by atoms with Gasteiger partial charge in [-0.3, -0.25) is 5.10 Å². The third-order valence-electron chi connectivity index (χ3n) is 4.44. The highest BCUT2D eigenvalue weighted by Crippen LogP contribution is 2.44. The van der Waals surface area contributed by atoms with Crippen molar-refractivity contribution in [3.63, 3.8) is 0 Å². The highest BCUT2D eigenvalue weighted by Gasteiger charge is 2.35. The zero-order valence-corrected chi connectivity index (χ0v) is 13.6. The van der Waals surface area contributed by atoms with E-state index in [2.05, 4.69) is 16.3 Å². The molecule has 2 heterocycles. The zero-order chi connectivity index (χ0) is 17.4. The Hall–Kier alpha value is -3.30. The summed E-state index contributed by atoms with van der Waals surface area (Å²) in [5.41, 5.74) is 8.94. The van der Waals surface area contributed by atoms with Crippen LogP contribution in [0.15, 0.2) is 53.9 Å². The normalized spacial score (nSPS) is 16.4. The number of methoxy groups -OCH3 is 1. The number of hydrogen-bond donors (Lipinski definition) is 2. The number of nitrogens with one attached hydrogen (secondary N) is 1. The van der Waals surface area contributed by atoms with Crippen LogP contribution in [0.5, 0.6) is 5.88 Å². The molecule has 0 unspecified atom stereocenters. The number of rotatable bonds is 3. The minimum atomic E-state index is -0.358. The number of hydrogen-bond acceptors (Lipinski definition) is 5. The van der Waals surface area contributed by atoms with E-state index in [9.17, 15) is 5.26 Å². The Balaban J connectivity index is 2.02. The number of allylic oxidation sites excluding steroid dienone is 1. The van der Waals surface area contributed by atoms with Crippen LogP contribution in [0.4, 0.5) is 0 Å². The Morgan fingerprint density at radius 1 is 1.28 bits per heavy atom. The van der Waals surface area contributed by atoms with Gasteiger partial charge in [-0.25, -0.2) is 0 Å². The van der Waals surface area contributed by atoms with Crippen LogP contribution in [0.2, 0.25) is 0 Å². The summed E-state index contributed by atoms with van der Waals surface area (Å²) in [5, 5.41) is 19.0. The third kappa shape index (κ3) is 2.33. The molecule has 0 aliphatic carbocycles. The number of ether oxygens (including phenoxy) is 2. The molecule has 124 valence electrons. The fourth-order valence-corrected chi connectivity index (χ4v) is 3.38. The van der Waals surface area contributed by atoms with Gasteiger partial charge < -0.3 is 15.2 Å². The van der Waals surface area contributed by atoms with Gasteiger partial charge in [-0.05, 0) is 16.3 Å². The lowest BCUT2D eigenvalue weighted by Gasteiger charge is -2.25. The minimum absolute atomic E-state index is 0.0865. The zero-order valence-electron chi connectivity index (χ0n) is 13.6. The fraction of sp³-hybridized carbons (Fsp3) is 0.158. The van der Waals surface area contributed by atoms with E-state index in [-0.39, 0.29) is 11.8 Å². The van der Waals surface area contributed by atoms with Gasteiger partial charge >= 0.3 is 0 Å². The average molecular weight is 332 g/mol. The first kappa shape index (κ1) is 15.2. The van der Waals surface area contributed by atoms with Gasteiger partial charge in [0.2, 0.25) is 11.8 Å². The van der Waals surface area contributed by atoms with E-state index >= 15 is 0 Å². The second-order valence-corrected chi connectivity index (χ2v) is 5.85. The predicted molar refractivity (Wildman–Crippen MR) is 92.5 cm³/mol. The lowest BCUT2D eigenvalue weighted by Crippen LogP contribution is -2.21. The Labute approximate surface area is 144 Å². The lowest BCUT2D eigenvalue weighted by molar-refractivity contribution is 0.180. The van der Waals surface area contributed by atoms with E-state index in [1.54, 1.807) is 7.11 Å². The standard InChI is InChI=1S/C19H16N4O2/c1-24-10-15-17-16(14(9-20)18(21)25-19(17)23-22-15)13-8-4-6-11-5-2-3-7-12(11)13/h2-8,16H,10,21H2,1H3,(H,22,23)/t16-/m0/s1. The molecule has 0 radical (unpaired) electrons. The summed E-state index contributed by atoms with van der Waals surface area (Å²) < 4.78 is 10.8. The Morgan fingerprint density at radius 2 is 2.08 bits per heavy atom. The second kappa shape index (κ2) is 5.96. The molecule has 0 bridgehead atoms. The van der Waals surface area contributed by atoms with Crippen molar-refractivity contribution < 1.29 is 9.47 Å².